The van der Waals surface area contributed by atoms with E-state index < -0.39 is 9.84 Å². The molecule has 2 saturated heterocycles. The van der Waals surface area contributed by atoms with Gasteiger partial charge >= 0.3 is 0 Å². The van der Waals surface area contributed by atoms with E-state index in [4.69, 9.17) is 4.42 Å². The van der Waals surface area contributed by atoms with E-state index in [2.05, 4.69) is 4.90 Å². The lowest BCUT2D eigenvalue weighted by Crippen LogP contribution is -2.52. The molecule has 1 atom stereocenters. The molecule has 1 aromatic heterocycles. The monoisotopic (exact) mass is 390 g/mol. The van der Waals surface area contributed by atoms with Gasteiger partial charge in [-0.25, -0.2) is 8.42 Å². The maximum atomic E-state index is 12.8. The van der Waals surface area contributed by atoms with E-state index in [0.717, 1.165) is 5.56 Å². The number of carbonyl (C=O) groups excluding carboxylic acids is 1. The van der Waals surface area contributed by atoms with Crippen molar-refractivity contribution in [1.29, 1.82) is 0 Å². The second kappa shape index (κ2) is 6.76. The Labute approximate surface area is 157 Å². The minimum absolute atomic E-state index is 0.0493. The third-order valence-corrected chi connectivity index (χ3v) is 7.17. The molecule has 2 aliphatic heterocycles. The highest BCUT2D eigenvalue weighted by atomic mass is 32.2. The highest BCUT2D eigenvalue weighted by Crippen LogP contribution is 2.20. The van der Waals surface area contributed by atoms with E-state index in [-0.39, 0.29) is 34.6 Å². The highest BCUT2D eigenvalue weighted by Gasteiger charge is 2.34. The fraction of sp³-hybridized carbons (Fsp3) is 0.474. The van der Waals surface area contributed by atoms with Crippen molar-refractivity contribution >= 4 is 26.7 Å². The number of aryl methyl sites for hydroxylation is 1. The topological polar surface area (TPSA) is 87.9 Å². The molecule has 0 unspecified atom stereocenters. The van der Waals surface area contributed by atoms with E-state index >= 15 is 0 Å². The van der Waals surface area contributed by atoms with Gasteiger partial charge in [0.25, 0.3) is 5.91 Å². The molecule has 3 heterocycles. The van der Waals surface area contributed by atoms with Crippen LogP contribution < -0.4 is 5.43 Å². The molecule has 7 nitrogen and oxygen atoms in total. The largest absolute Gasteiger partial charge is 0.451 e. The van der Waals surface area contributed by atoms with Crippen LogP contribution in [0.15, 0.2) is 33.5 Å². The maximum absolute atomic E-state index is 12.8. The molecule has 0 aliphatic carbocycles. The van der Waals surface area contributed by atoms with Crippen molar-refractivity contribution in [2.24, 2.45) is 0 Å². The maximum Gasteiger partial charge on any atom is 0.289 e. The van der Waals surface area contributed by atoms with Crippen LogP contribution in [0.5, 0.6) is 0 Å². The molecule has 0 bridgehead atoms. The van der Waals surface area contributed by atoms with Gasteiger partial charge in [-0.2, -0.15) is 0 Å². The van der Waals surface area contributed by atoms with Crippen molar-refractivity contribution in [2.45, 2.75) is 19.4 Å². The smallest absolute Gasteiger partial charge is 0.289 e. The van der Waals surface area contributed by atoms with Gasteiger partial charge < -0.3 is 9.32 Å². The molecule has 1 amide bonds. The van der Waals surface area contributed by atoms with Crippen LogP contribution in [-0.4, -0.2) is 67.9 Å². The standard InChI is InChI=1S/C19H22N2O5S/c1-13-2-3-17-15(10-13)16(22)11-18(26-17)19(23)21-7-5-20(6-8-21)14-4-9-27(24,25)12-14/h2-3,10-11,14H,4-9,12H2,1H3/t14-/m1/s1. The van der Waals surface area contributed by atoms with Crippen LogP contribution >= 0.6 is 0 Å². The van der Waals surface area contributed by atoms with Gasteiger partial charge in [0, 0.05) is 38.3 Å². The minimum Gasteiger partial charge on any atom is -0.451 e. The van der Waals surface area contributed by atoms with Gasteiger partial charge in [-0.1, -0.05) is 11.6 Å². The van der Waals surface area contributed by atoms with Crippen LogP contribution in [0.2, 0.25) is 0 Å². The fourth-order valence-electron chi connectivity index (χ4n) is 3.88. The first kappa shape index (κ1) is 18.2. The number of carbonyl (C=O) groups is 1. The summed E-state index contributed by atoms with van der Waals surface area (Å²) in [7, 11) is -2.92. The summed E-state index contributed by atoms with van der Waals surface area (Å²) in [5.41, 5.74) is 1.14. The number of fused-ring (bicyclic) bond motifs is 1. The van der Waals surface area contributed by atoms with Crippen molar-refractivity contribution in [1.82, 2.24) is 9.80 Å². The number of benzene rings is 1. The number of amides is 1. The Morgan fingerprint density at radius 1 is 1.15 bits per heavy atom. The third kappa shape index (κ3) is 3.64. The summed E-state index contributed by atoms with van der Waals surface area (Å²) >= 11 is 0. The molecular weight excluding hydrogens is 368 g/mol. The van der Waals surface area contributed by atoms with E-state index in [1.54, 1.807) is 17.0 Å². The van der Waals surface area contributed by atoms with Gasteiger partial charge in [0.05, 0.1) is 16.9 Å². The fourth-order valence-corrected chi connectivity index (χ4v) is 5.65. The average Bonchev–Trinajstić information content (AvgIpc) is 3.01. The molecule has 0 spiro atoms. The summed E-state index contributed by atoms with van der Waals surface area (Å²) in [4.78, 5) is 28.9. The average molecular weight is 390 g/mol. The predicted molar refractivity (Wildman–Crippen MR) is 102 cm³/mol. The van der Waals surface area contributed by atoms with E-state index in [1.807, 2.05) is 13.0 Å². The molecule has 2 aromatic rings. The molecular formula is C19H22N2O5S. The first-order valence-corrected chi connectivity index (χ1v) is 10.9. The summed E-state index contributed by atoms with van der Waals surface area (Å²) < 4.78 is 29.0. The van der Waals surface area contributed by atoms with Crippen LogP contribution in [0, 0.1) is 6.92 Å². The number of sulfone groups is 1. The first-order valence-electron chi connectivity index (χ1n) is 9.11. The van der Waals surface area contributed by atoms with Gasteiger partial charge in [0.1, 0.15) is 5.58 Å². The Kier molecular flexibility index (Phi) is 4.55. The van der Waals surface area contributed by atoms with Crippen molar-refractivity contribution < 1.29 is 17.6 Å². The third-order valence-electron chi connectivity index (χ3n) is 5.42. The quantitative estimate of drug-likeness (QED) is 0.762. The molecule has 1 aromatic carbocycles. The number of rotatable bonds is 2. The number of nitrogens with zero attached hydrogens (tertiary/aromatic N) is 2. The number of piperazine rings is 1. The van der Waals surface area contributed by atoms with Gasteiger partial charge in [0.2, 0.25) is 0 Å². The van der Waals surface area contributed by atoms with Crippen molar-refractivity contribution in [2.75, 3.05) is 37.7 Å². The first-order chi connectivity index (χ1) is 12.8. The molecule has 0 N–H and O–H groups in total. The van der Waals surface area contributed by atoms with Crippen LogP contribution in [-0.2, 0) is 9.84 Å². The highest BCUT2D eigenvalue weighted by molar-refractivity contribution is 7.91. The van der Waals surface area contributed by atoms with Gasteiger partial charge in [0.15, 0.2) is 21.0 Å². The summed E-state index contributed by atoms with van der Waals surface area (Å²) in [6.45, 7) is 4.13. The molecule has 2 fully saturated rings. The van der Waals surface area contributed by atoms with Crippen molar-refractivity contribution in [3.63, 3.8) is 0 Å². The zero-order valence-electron chi connectivity index (χ0n) is 15.2. The van der Waals surface area contributed by atoms with Gasteiger partial charge in [-0.05, 0) is 25.5 Å². The van der Waals surface area contributed by atoms with Crippen molar-refractivity contribution in [3.05, 3.63) is 45.8 Å². The summed E-state index contributed by atoms with van der Waals surface area (Å²) in [6.07, 6.45) is 0.662. The molecule has 8 heteroatoms. The van der Waals surface area contributed by atoms with E-state index in [1.165, 1.54) is 6.07 Å². The lowest BCUT2D eigenvalue weighted by molar-refractivity contribution is 0.0559. The second-order valence-electron chi connectivity index (χ2n) is 7.36. The Bertz CT molecular complexity index is 1050. The molecule has 0 radical (unpaired) electrons. The minimum atomic E-state index is -2.92. The predicted octanol–water partition coefficient (Wildman–Crippen LogP) is 1.05. The Morgan fingerprint density at radius 3 is 2.56 bits per heavy atom. The zero-order valence-corrected chi connectivity index (χ0v) is 16.0. The number of hydrogen-bond acceptors (Lipinski definition) is 6. The summed E-state index contributed by atoms with van der Waals surface area (Å²) in [5, 5.41) is 0.471. The molecule has 2 aliphatic rings. The van der Waals surface area contributed by atoms with Crippen molar-refractivity contribution in [3.8, 4) is 0 Å². The molecule has 27 heavy (non-hydrogen) atoms. The number of hydrogen-bond donors (Lipinski definition) is 0. The van der Waals surface area contributed by atoms with Crippen LogP contribution in [0.4, 0.5) is 0 Å². The zero-order chi connectivity index (χ0) is 19.2. The Hall–Kier alpha value is -2.19. The van der Waals surface area contributed by atoms with Gasteiger partial charge in [-0.15, -0.1) is 0 Å². The lowest BCUT2D eigenvalue weighted by Gasteiger charge is -2.37. The summed E-state index contributed by atoms with van der Waals surface area (Å²) in [5.74, 6) is 0.208. The van der Waals surface area contributed by atoms with Gasteiger partial charge in [-0.3, -0.25) is 14.5 Å². The Balaban J connectivity index is 1.47. The normalized spacial score (nSPS) is 23.0. The molecule has 0 saturated carbocycles. The second-order valence-corrected chi connectivity index (χ2v) is 9.59. The summed E-state index contributed by atoms with van der Waals surface area (Å²) in [6, 6.07) is 6.62. The SMILES string of the molecule is Cc1ccc2oc(C(=O)N3CCN([C@@H]4CCS(=O)(=O)C4)CC3)cc(=O)c2c1. The van der Waals surface area contributed by atoms with E-state index in [0.29, 0.717) is 43.6 Å². The molecule has 144 valence electrons. The lowest BCUT2D eigenvalue weighted by atomic mass is 10.1. The van der Waals surface area contributed by atoms with Crippen LogP contribution in [0.1, 0.15) is 22.5 Å². The Morgan fingerprint density at radius 2 is 1.89 bits per heavy atom. The van der Waals surface area contributed by atoms with E-state index in [9.17, 15) is 18.0 Å². The molecule has 4 rings (SSSR count). The van der Waals surface area contributed by atoms with Crippen LogP contribution in [0.3, 0.4) is 0 Å². The van der Waals surface area contributed by atoms with Crippen LogP contribution in [0.25, 0.3) is 11.0 Å².